The van der Waals surface area contributed by atoms with Crippen molar-refractivity contribution in [3.05, 3.63) is 82.0 Å². The maximum atomic E-state index is 12.5. The Morgan fingerprint density at radius 3 is 2.62 bits per heavy atom. The van der Waals surface area contributed by atoms with Gasteiger partial charge in [0.15, 0.2) is 0 Å². The van der Waals surface area contributed by atoms with Crippen LogP contribution in [0.5, 0.6) is 5.75 Å². The van der Waals surface area contributed by atoms with E-state index in [4.69, 9.17) is 20.8 Å². The lowest BCUT2D eigenvalue weighted by Crippen LogP contribution is -2.23. The third-order valence-corrected chi connectivity index (χ3v) is 4.31. The Morgan fingerprint density at radius 2 is 1.88 bits per heavy atom. The van der Waals surface area contributed by atoms with E-state index >= 15 is 0 Å². The van der Waals surface area contributed by atoms with E-state index < -0.39 is 0 Å². The lowest BCUT2D eigenvalue weighted by atomic mass is 10.2. The summed E-state index contributed by atoms with van der Waals surface area (Å²) in [4.78, 5) is 16.8. The fraction of sp³-hybridized carbons (Fsp3) is 0.200. The van der Waals surface area contributed by atoms with Gasteiger partial charge >= 0.3 is 0 Å². The summed E-state index contributed by atoms with van der Waals surface area (Å²) in [5, 5.41) is 3.43. The second kappa shape index (κ2) is 8.06. The van der Waals surface area contributed by atoms with E-state index in [9.17, 15) is 4.79 Å². The van der Waals surface area contributed by atoms with E-state index in [0.29, 0.717) is 22.2 Å². The van der Waals surface area contributed by atoms with Gasteiger partial charge in [-0.2, -0.15) is 0 Å². The first-order chi connectivity index (χ1) is 12.5. The highest BCUT2D eigenvalue weighted by molar-refractivity contribution is 6.31. The number of aryl methyl sites for hydroxylation is 2. The lowest BCUT2D eigenvalue weighted by molar-refractivity contribution is 0.0942. The van der Waals surface area contributed by atoms with Gasteiger partial charge in [-0.05, 0) is 32.0 Å². The Morgan fingerprint density at radius 1 is 1.15 bits per heavy atom. The van der Waals surface area contributed by atoms with Gasteiger partial charge in [0.2, 0.25) is 5.89 Å². The highest BCUT2D eigenvalue weighted by Gasteiger charge is 2.14. The number of nitrogens with one attached hydrogen (secondary N) is 1. The topological polar surface area (TPSA) is 64.4 Å². The summed E-state index contributed by atoms with van der Waals surface area (Å²) in [6, 6.07) is 14.5. The van der Waals surface area contributed by atoms with E-state index in [1.165, 1.54) is 0 Å². The maximum Gasteiger partial charge on any atom is 0.255 e. The first-order valence-corrected chi connectivity index (χ1v) is 8.58. The van der Waals surface area contributed by atoms with Gasteiger partial charge in [0.05, 0.1) is 17.8 Å². The molecule has 0 atom stereocenters. The molecule has 0 spiro atoms. The summed E-state index contributed by atoms with van der Waals surface area (Å²) < 4.78 is 11.3. The standard InChI is InChI=1S/C20H19ClN2O3/c1-13-14(2)26-19(23-13)11-22-20(24)16-8-4-6-10-18(16)25-12-15-7-3-5-9-17(15)21/h3-10H,11-12H2,1-2H3,(H,22,24). The van der Waals surface area contributed by atoms with Crippen LogP contribution in [-0.4, -0.2) is 10.9 Å². The highest BCUT2D eigenvalue weighted by atomic mass is 35.5. The minimum atomic E-state index is -0.256. The summed E-state index contributed by atoms with van der Waals surface area (Å²) in [6.07, 6.45) is 0. The van der Waals surface area contributed by atoms with Gasteiger partial charge in [-0.15, -0.1) is 0 Å². The molecule has 26 heavy (non-hydrogen) atoms. The SMILES string of the molecule is Cc1nc(CNC(=O)c2ccccc2OCc2ccccc2Cl)oc1C. The molecule has 5 nitrogen and oxygen atoms in total. The number of halogens is 1. The molecule has 0 aliphatic carbocycles. The monoisotopic (exact) mass is 370 g/mol. The van der Waals surface area contributed by atoms with Crippen LogP contribution in [0.25, 0.3) is 0 Å². The van der Waals surface area contributed by atoms with Gasteiger partial charge in [-0.25, -0.2) is 4.98 Å². The molecule has 1 heterocycles. The normalized spacial score (nSPS) is 10.6. The number of hydrogen-bond donors (Lipinski definition) is 1. The number of aromatic nitrogens is 1. The molecule has 0 aliphatic rings. The van der Waals surface area contributed by atoms with Crippen LogP contribution in [-0.2, 0) is 13.2 Å². The third-order valence-electron chi connectivity index (χ3n) is 3.95. The number of carbonyl (C=O) groups excluding carboxylic acids is 1. The van der Waals surface area contributed by atoms with Crippen LogP contribution in [0, 0.1) is 13.8 Å². The van der Waals surface area contributed by atoms with Crippen molar-refractivity contribution < 1.29 is 13.9 Å². The molecule has 0 aliphatic heterocycles. The zero-order valence-electron chi connectivity index (χ0n) is 14.6. The smallest absolute Gasteiger partial charge is 0.255 e. The van der Waals surface area contributed by atoms with Gasteiger partial charge in [0.25, 0.3) is 5.91 Å². The van der Waals surface area contributed by atoms with E-state index in [0.717, 1.165) is 17.0 Å². The largest absolute Gasteiger partial charge is 0.488 e. The number of hydrogen-bond acceptors (Lipinski definition) is 4. The molecule has 1 amide bonds. The van der Waals surface area contributed by atoms with Crippen molar-refractivity contribution in [3.63, 3.8) is 0 Å². The molecule has 0 saturated heterocycles. The molecule has 2 aromatic carbocycles. The number of nitrogens with zero attached hydrogens (tertiary/aromatic N) is 1. The van der Waals surface area contributed by atoms with Crippen LogP contribution in [0.1, 0.15) is 33.3 Å². The van der Waals surface area contributed by atoms with Crippen molar-refractivity contribution in [1.82, 2.24) is 10.3 Å². The molecule has 1 N–H and O–H groups in total. The van der Waals surface area contributed by atoms with Crippen LogP contribution >= 0.6 is 11.6 Å². The van der Waals surface area contributed by atoms with E-state index in [-0.39, 0.29) is 19.1 Å². The molecule has 1 aromatic heterocycles. The second-order valence-electron chi connectivity index (χ2n) is 5.81. The van der Waals surface area contributed by atoms with Gasteiger partial charge in [0.1, 0.15) is 18.1 Å². The molecule has 134 valence electrons. The van der Waals surface area contributed by atoms with Crippen molar-refractivity contribution in [2.24, 2.45) is 0 Å². The van der Waals surface area contributed by atoms with Crippen molar-refractivity contribution >= 4 is 17.5 Å². The molecule has 3 rings (SSSR count). The Labute approximate surface area is 157 Å². The fourth-order valence-electron chi connectivity index (χ4n) is 2.42. The number of oxazole rings is 1. The molecule has 3 aromatic rings. The summed E-state index contributed by atoms with van der Waals surface area (Å²) in [7, 11) is 0. The molecule has 6 heteroatoms. The molecule has 0 bridgehead atoms. The zero-order valence-corrected chi connectivity index (χ0v) is 15.3. The Bertz CT molecular complexity index is 901. The highest BCUT2D eigenvalue weighted by Crippen LogP contribution is 2.22. The average Bonchev–Trinajstić information content (AvgIpc) is 2.97. The Balaban J connectivity index is 1.67. The van der Waals surface area contributed by atoms with E-state index in [2.05, 4.69) is 10.3 Å². The van der Waals surface area contributed by atoms with Crippen LogP contribution in [0.4, 0.5) is 0 Å². The Kier molecular flexibility index (Phi) is 5.58. The van der Waals surface area contributed by atoms with Crippen LogP contribution in [0.15, 0.2) is 52.9 Å². The summed E-state index contributed by atoms with van der Waals surface area (Å²) >= 11 is 6.15. The van der Waals surface area contributed by atoms with Crippen molar-refractivity contribution in [1.29, 1.82) is 0 Å². The minimum absolute atomic E-state index is 0.215. The summed E-state index contributed by atoms with van der Waals surface area (Å²) in [5.74, 6) is 1.46. The molecule has 0 unspecified atom stereocenters. The van der Waals surface area contributed by atoms with Gasteiger partial charge < -0.3 is 14.5 Å². The molecule has 0 fully saturated rings. The molecular weight excluding hydrogens is 352 g/mol. The average molecular weight is 371 g/mol. The number of benzene rings is 2. The minimum Gasteiger partial charge on any atom is -0.488 e. The number of para-hydroxylation sites is 1. The molecule has 0 radical (unpaired) electrons. The van der Waals surface area contributed by atoms with Gasteiger partial charge in [-0.3, -0.25) is 4.79 Å². The fourth-order valence-corrected chi connectivity index (χ4v) is 2.61. The zero-order chi connectivity index (χ0) is 18.5. The Hall–Kier alpha value is -2.79. The second-order valence-corrected chi connectivity index (χ2v) is 6.22. The van der Waals surface area contributed by atoms with E-state index in [1.54, 1.807) is 24.3 Å². The van der Waals surface area contributed by atoms with Crippen LogP contribution < -0.4 is 10.1 Å². The lowest BCUT2D eigenvalue weighted by Gasteiger charge is -2.12. The number of ether oxygens (including phenoxy) is 1. The number of carbonyl (C=O) groups is 1. The maximum absolute atomic E-state index is 12.5. The summed E-state index contributed by atoms with van der Waals surface area (Å²) in [6.45, 7) is 4.20. The van der Waals surface area contributed by atoms with Crippen LogP contribution in [0.2, 0.25) is 5.02 Å². The number of rotatable bonds is 6. The molecular formula is C20H19ClN2O3. The predicted molar refractivity (Wildman–Crippen MR) is 99.4 cm³/mol. The quantitative estimate of drug-likeness (QED) is 0.696. The van der Waals surface area contributed by atoms with Crippen molar-refractivity contribution in [2.75, 3.05) is 0 Å². The van der Waals surface area contributed by atoms with Crippen molar-refractivity contribution in [3.8, 4) is 5.75 Å². The first kappa shape index (κ1) is 18.0. The van der Waals surface area contributed by atoms with Gasteiger partial charge in [0, 0.05) is 10.6 Å². The first-order valence-electron chi connectivity index (χ1n) is 8.21. The van der Waals surface area contributed by atoms with Crippen molar-refractivity contribution in [2.45, 2.75) is 27.0 Å². The van der Waals surface area contributed by atoms with Gasteiger partial charge in [-0.1, -0.05) is 41.9 Å². The predicted octanol–water partition coefficient (Wildman–Crippen LogP) is 4.45. The number of amides is 1. The molecule has 0 saturated carbocycles. The third kappa shape index (κ3) is 4.24. The van der Waals surface area contributed by atoms with Crippen LogP contribution in [0.3, 0.4) is 0 Å². The summed E-state index contributed by atoms with van der Waals surface area (Å²) in [5.41, 5.74) is 2.12. The van der Waals surface area contributed by atoms with E-state index in [1.807, 2.05) is 38.1 Å².